The molecule has 0 unspecified atom stereocenters. The Hall–Kier alpha value is -0.610. The summed E-state index contributed by atoms with van der Waals surface area (Å²) < 4.78 is 9.54. The second-order valence-corrected chi connectivity index (χ2v) is 7.61. The van der Waals surface area contributed by atoms with E-state index in [0.717, 1.165) is 26.1 Å². The van der Waals surface area contributed by atoms with Crippen LogP contribution in [-0.2, 0) is 14.3 Å². The molecular weight excluding hydrogens is 340 g/mol. The van der Waals surface area contributed by atoms with Crippen molar-refractivity contribution in [2.24, 2.45) is 0 Å². The third-order valence-corrected chi connectivity index (χ3v) is 4.92. The highest BCUT2D eigenvalue weighted by Gasteiger charge is 2.01. The van der Waals surface area contributed by atoms with Crippen LogP contribution < -0.4 is 0 Å². The molecule has 0 aromatic rings. The molecule has 1 fully saturated rings. The number of hydrogen-bond acceptors (Lipinski definition) is 4. The minimum Gasteiger partial charge on any atom is -0.463 e. The molecule has 0 bridgehead atoms. The number of aliphatic hydroxyl groups is 1. The summed E-state index contributed by atoms with van der Waals surface area (Å²) in [5.74, 6) is -0.172. The molecule has 4 heteroatoms. The average molecular weight is 387 g/mol. The third kappa shape index (κ3) is 23.4. The van der Waals surface area contributed by atoms with Crippen molar-refractivity contribution in [1.29, 1.82) is 0 Å². The van der Waals surface area contributed by atoms with Gasteiger partial charge in [0.2, 0.25) is 0 Å². The van der Waals surface area contributed by atoms with Crippen molar-refractivity contribution in [3.63, 3.8) is 0 Å². The molecule has 1 aliphatic rings. The molecule has 162 valence electrons. The smallest absolute Gasteiger partial charge is 0.305 e. The zero-order valence-corrected chi connectivity index (χ0v) is 18.0. The highest BCUT2D eigenvalue weighted by molar-refractivity contribution is 5.69. The lowest BCUT2D eigenvalue weighted by Crippen LogP contribution is -2.09. The minimum absolute atomic E-state index is 0.0788. The Morgan fingerprint density at radius 1 is 0.778 bits per heavy atom. The van der Waals surface area contributed by atoms with Gasteiger partial charge in [-0.25, -0.2) is 0 Å². The first kappa shape index (κ1) is 26.4. The van der Waals surface area contributed by atoms with Crippen LogP contribution in [0.3, 0.4) is 0 Å². The highest BCUT2D eigenvalue weighted by Crippen LogP contribution is 2.13. The van der Waals surface area contributed by atoms with Gasteiger partial charge in [-0.2, -0.15) is 0 Å². The van der Waals surface area contributed by atoms with Crippen LogP contribution in [0, 0.1) is 0 Å². The van der Waals surface area contributed by atoms with Gasteiger partial charge in [0, 0.05) is 19.6 Å². The summed E-state index contributed by atoms with van der Waals surface area (Å²) in [7, 11) is 0. The number of esters is 1. The predicted molar refractivity (Wildman–Crippen MR) is 113 cm³/mol. The molecule has 0 amide bonds. The van der Waals surface area contributed by atoms with Crippen LogP contribution >= 0.6 is 0 Å². The Kier molecular flexibility index (Phi) is 22.9. The highest BCUT2D eigenvalue weighted by atomic mass is 16.5. The van der Waals surface area contributed by atoms with E-state index in [1.165, 1.54) is 89.9 Å². The van der Waals surface area contributed by atoms with E-state index in [1.54, 1.807) is 0 Å². The molecule has 1 rings (SSSR count). The van der Waals surface area contributed by atoms with Gasteiger partial charge in [0.1, 0.15) is 6.61 Å². The van der Waals surface area contributed by atoms with Crippen molar-refractivity contribution in [2.45, 2.75) is 116 Å². The molecule has 4 nitrogen and oxygen atoms in total. The SMILES string of the molecule is C1COC1.CCCCCCCCCCCCCCCCCC(=O)OCCO. The van der Waals surface area contributed by atoms with Crippen molar-refractivity contribution < 1.29 is 19.4 Å². The maximum absolute atomic E-state index is 11.2. The molecule has 1 aliphatic heterocycles. The molecule has 1 heterocycles. The number of aliphatic hydroxyl groups excluding tert-OH is 1. The van der Waals surface area contributed by atoms with E-state index in [9.17, 15) is 4.79 Å². The van der Waals surface area contributed by atoms with Gasteiger partial charge in [-0.3, -0.25) is 4.79 Å². The first-order valence-corrected chi connectivity index (χ1v) is 11.7. The van der Waals surface area contributed by atoms with Crippen molar-refractivity contribution in [2.75, 3.05) is 26.4 Å². The summed E-state index contributed by atoms with van der Waals surface area (Å²) in [5.41, 5.74) is 0. The fraction of sp³-hybridized carbons (Fsp3) is 0.957. The number of ether oxygens (including phenoxy) is 2. The van der Waals surface area contributed by atoms with Gasteiger partial charge in [-0.1, -0.05) is 96.8 Å². The van der Waals surface area contributed by atoms with E-state index in [2.05, 4.69) is 6.92 Å². The van der Waals surface area contributed by atoms with Crippen molar-refractivity contribution in [1.82, 2.24) is 0 Å². The summed E-state index contributed by atoms with van der Waals surface area (Å²) in [4.78, 5) is 11.2. The van der Waals surface area contributed by atoms with E-state index in [0.29, 0.717) is 6.42 Å². The van der Waals surface area contributed by atoms with Crippen molar-refractivity contribution >= 4 is 5.97 Å². The number of hydrogen-bond donors (Lipinski definition) is 1. The largest absolute Gasteiger partial charge is 0.463 e. The molecule has 0 atom stereocenters. The summed E-state index contributed by atoms with van der Waals surface area (Å²) in [6.07, 6.45) is 21.7. The molecule has 0 spiro atoms. The van der Waals surface area contributed by atoms with Crippen LogP contribution in [0.1, 0.15) is 116 Å². The van der Waals surface area contributed by atoms with E-state index in [1.807, 2.05) is 0 Å². The Morgan fingerprint density at radius 2 is 1.15 bits per heavy atom. The van der Waals surface area contributed by atoms with Crippen LogP contribution in [0.2, 0.25) is 0 Å². The number of carbonyl (C=O) groups excluding carboxylic acids is 1. The van der Waals surface area contributed by atoms with E-state index in [-0.39, 0.29) is 19.2 Å². The normalized spacial score (nSPS) is 12.8. The minimum atomic E-state index is -0.172. The molecule has 27 heavy (non-hydrogen) atoms. The van der Waals surface area contributed by atoms with Gasteiger partial charge in [0.15, 0.2) is 0 Å². The first-order valence-electron chi connectivity index (χ1n) is 11.7. The van der Waals surface area contributed by atoms with Crippen LogP contribution in [-0.4, -0.2) is 37.5 Å². The lowest BCUT2D eigenvalue weighted by atomic mass is 10.0. The Balaban J connectivity index is 0.00000148. The molecule has 0 saturated carbocycles. The van der Waals surface area contributed by atoms with Crippen LogP contribution in [0.15, 0.2) is 0 Å². The maximum atomic E-state index is 11.2. The fourth-order valence-electron chi connectivity index (χ4n) is 3.02. The van der Waals surface area contributed by atoms with Gasteiger partial charge in [-0.05, 0) is 12.8 Å². The van der Waals surface area contributed by atoms with Gasteiger partial charge < -0.3 is 14.6 Å². The lowest BCUT2D eigenvalue weighted by Gasteiger charge is -2.09. The molecule has 0 aromatic heterocycles. The second-order valence-electron chi connectivity index (χ2n) is 7.61. The van der Waals surface area contributed by atoms with E-state index < -0.39 is 0 Å². The Bertz CT molecular complexity index is 286. The topological polar surface area (TPSA) is 55.8 Å². The average Bonchev–Trinajstić information content (AvgIpc) is 2.61. The van der Waals surface area contributed by atoms with Gasteiger partial charge in [0.25, 0.3) is 0 Å². The third-order valence-electron chi connectivity index (χ3n) is 4.92. The Labute approximate surface area is 168 Å². The summed E-state index contributed by atoms with van der Waals surface area (Å²) in [5, 5.41) is 8.54. The van der Waals surface area contributed by atoms with E-state index >= 15 is 0 Å². The maximum Gasteiger partial charge on any atom is 0.305 e. The summed E-state index contributed by atoms with van der Waals surface area (Å²) >= 11 is 0. The van der Waals surface area contributed by atoms with Gasteiger partial charge in [0.05, 0.1) is 6.61 Å². The number of carbonyl (C=O) groups is 1. The second kappa shape index (κ2) is 23.4. The number of unbranched alkanes of at least 4 members (excludes halogenated alkanes) is 14. The fourth-order valence-corrected chi connectivity index (χ4v) is 3.02. The van der Waals surface area contributed by atoms with Crippen LogP contribution in [0.25, 0.3) is 0 Å². The molecule has 1 N–H and O–H groups in total. The first-order chi connectivity index (χ1) is 13.3. The Morgan fingerprint density at radius 3 is 1.48 bits per heavy atom. The predicted octanol–water partition coefficient (Wildman–Crippen LogP) is 6.19. The van der Waals surface area contributed by atoms with Crippen LogP contribution in [0.4, 0.5) is 0 Å². The quantitative estimate of drug-likeness (QED) is 0.225. The van der Waals surface area contributed by atoms with Crippen molar-refractivity contribution in [3.8, 4) is 0 Å². The molecule has 0 aliphatic carbocycles. The standard InChI is InChI=1S/C20H40O3.C3H6O/c1-2-3-4-5-6-7-8-9-10-11-12-13-14-15-16-17-20(22)23-19-18-21;1-2-4-3-1/h21H,2-19H2,1H3;1-3H2. The lowest BCUT2D eigenvalue weighted by molar-refractivity contribution is -0.144. The molecule has 0 aromatic carbocycles. The monoisotopic (exact) mass is 386 g/mol. The van der Waals surface area contributed by atoms with Crippen molar-refractivity contribution in [3.05, 3.63) is 0 Å². The molecule has 0 radical (unpaired) electrons. The zero-order chi connectivity index (χ0) is 19.8. The summed E-state index contributed by atoms with van der Waals surface area (Å²) in [6, 6.07) is 0. The molecule has 1 saturated heterocycles. The molecular formula is C23H46O4. The van der Waals surface area contributed by atoms with Gasteiger partial charge in [-0.15, -0.1) is 0 Å². The zero-order valence-electron chi connectivity index (χ0n) is 18.0. The van der Waals surface area contributed by atoms with Gasteiger partial charge >= 0.3 is 5.97 Å². The van der Waals surface area contributed by atoms with Crippen LogP contribution in [0.5, 0.6) is 0 Å². The number of rotatable bonds is 18. The summed E-state index contributed by atoms with van der Waals surface area (Å²) in [6.45, 7) is 4.33. The van der Waals surface area contributed by atoms with E-state index in [4.69, 9.17) is 14.6 Å².